The number of aliphatic hydroxyl groups excluding tert-OH is 1. The van der Waals surface area contributed by atoms with Crippen LogP contribution in [0.5, 0.6) is 0 Å². The Kier molecular flexibility index (Phi) is 5.77. The molecule has 0 aliphatic heterocycles. The number of rotatable bonds is 5. The van der Waals surface area contributed by atoms with Crippen molar-refractivity contribution >= 4 is 0 Å². The average Bonchev–Trinajstić information content (AvgIpc) is 3.01. The topological polar surface area (TPSA) is 60.7 Å². The molecule has 0 aromatic heterocycles. The van der Waals surface area contributed by atoms with Gasteiger partial charge in [-0.05, 0) is 67.6 Å². The molecule has 0 radical (unpaired) electrons. The molecule has 30 heavy (non-hydrogen) atoms. The van der Waals surface area contributed by atoms with Crippen LogP contribution in [0, 0.1) is 40.4 Å². The van der Waals surface area contributed by atoms with Gasteiger partial charge in [-0.25, -0.2) is 0 Å². The Labute approximate surface area is 184 Å². The second-order valence-corrected chi connectivity index (χ2v) is 12.6. The van der Waals surface area contributed by atoms with Crippen LogP contribution in [0.1, 0.15) is 98.8 Å². The van der Waals surface area contributed by atoms with Gasteiger partial charge in [0.25, 0.3) is 0 Å². The molecule has 0 spiro atoms. The fourth-order valence-corrected chi connectivity index (χ4v) is 8.74. The SMILES string of the molecule is CC(C)CCC[C@@H](C)[C@H]1CC[C@H]2[C@]3(O)C=C[C@]4(O)C[C@@H](O)CC[C@]4(C)[C@H]3CC[C@]12C. The molecule has 0 unspecified atom stereocenters. The molecule has 3 fully saturated rings. The van der Waals surface area contributed by atoms with Gasteiger partial charge in [0.15, 0.2) is 0 Å². The van der Waals surface area contributed by atoms with Gasteiger partial charge in [0.1, 0.15) is 0 Å². The van der Waals surface area contributed by atoms with Gasteiger partial charge in [-0.15, -0.1) is 0 Å². The van der Waals surface area contributed by atoms with E-state index in [2.05, 4.69) is 34.6 Å². The van der Waals surface area contributed by atoms with E-state index in [1.165, 1.54) is 25.7 Å². The summed E-state index contributed by atoms with van der Waals surface area (Å²) in [6.07, 6.45) is 13.8. The van der Waals surface area contributed by atoms with Crippen molar-refractivity contribution in [3.8, 4) is 0 Å². The molecule has 3 heteroatoms. The van der Waals surface area contributed by atoms with E-state index in [0.717, 1.165) is 38.0 Å². The third-order valence-electron chi connectivity index (χ3n) is 10.6. The highest BCUT2D eigenvalue weighted by Gasteiger charge is 2.68. The maximum absolute atomic E-state index is 12.2. The Morgan fingerprint density at radius 1 is 0.900 bits per heavy atom. The zero-order valence-corrected chi connectivity index (χ0v) is 20.0. The van der Waals surface area contributed by atoms with Crippen molar-refractivity contribution in [1.29, 1.82) is 0 Å². The zero-order chi connectivity index (χ0) is 21.9. The molecular weight excluding hydrogens is 372 g/mol. The summed E-state index contributed by atoms with van der Waals surface area (Å²) in [5.74, 6) is 2.55. The minimum Gasteiger partial charge on any atom is -0.393 e. The summed E-state index contributed by atoms with van der Waals surface area (Å²) in [5, 5.41) is 33.9. The van der Waals surface area contributed by atoms with E-state index in [-0.39, 0.29) is 22.7 Å². The molecule has 3 N–H and O–H groups in total. The third-order valence-corrected chi connectivity index (χ3v) is 10.6. The van der Waals surface area contributed by atoms with E-state index in [1.54, 1.807) is 0 Å². The van der Waals surface area contributed by atoms with E-state index in [1.807, 2.05) is 12.2 Å². The van der Waals surface area contributed by atoms with Crippen molar-refractivity contribution in [1.82, 2.24) is 0 Å². The van der Waals surface area contributed by atoms with Crippen molar-refractivity contribution in [3.05, 3.63) is 12.2 Å². The minimum absolute atomic E-state index is 0.0839. The zero-order valence-electron chi connectivity index (χ0n) is 20.0. The number of hydrogen-bond donors (Lipinski definition) is 3. The molecule has 3 saturated carbocycles. The smallest absolute Gasteiger partial charge is 0.0910 e. The lowest BCUT2D eigenvalue weighted by atomic mass is 9.43. The van der Waals surface area contributed by atoms with Gasteiger partial charge < -0.3 is 15.3 Å². The van der Waals surface area contributed by atoms with Gasteiger partial charge in [-0.3, -0.25) is 0 Å². The van der Waals surface area contributed by atoms with Gasteiger partial charge in [-0.2, -0.15) is 0 Å². The van der Waals surface area contributed by atoms with Gasteiger partial charge >= 0.3 is 0 Å². The Morgan fingerprint density at radius 2 is 1.63 bits per heavy atom. The number of fused-ring (bicyclic) bond motifs is 5. The summed E-state index contributed by atoms with van der Waals surface area (Å²) in [6.45, 7) is 11.7. The quantitative estimate of drug-likeness (QED) is 0.519. The van der Waals surface area contributed by atoms with Crippen LogP contribution in [0.4, 0.5) is 0 Å². The van der Waals surface area contributed by atoms with E-state index in [9.17, 15) is 15.3 Å². The van der Waals surface area contributed by atoms with Crippen molar-refractivity contribution in [2.24, 2.45) is 40.4 Å². The highest BCUT2D eigenvalue weighted by molar-refractivity contribution is 5.30. The Morgan fingerprint density at radius 3 is 2.33 bits per heavy atom. The second-order valence-electron chi connectivity index (χ2n) is 12.6. The van der Waals surface area contributed by atoms with Crippen LogP contribution in [0.2, 0.25) is 0 Å². The average molecular weight is 419 g/mol. The number of aliphatic hydroxyl groups is 3. The van der Waals surface area contributed by atoms with E-state index in [0.29, 0.717) is 18.3 Å². The summed E-state index contributed by atoms with van der Waals surface area (Å²) >= 11 is 0. The predicted octanol–water partition coefficient (Wildman–Crippen LogP) is 5.47. The largest absolute Gasteiger partial charge is 0.393 e. The summed E-state index contributed by atoms with van der Waals surface area (Å²) in [6, 6.07) is 0. The van der Waals surface area contributed by atoms with Crippen LogP contribution in [-0.2, 0) is 0 Å². The molecular formula is C27H46O3. The molecule has 4 aliphatic rings. The van der Waals surface area contributed by atoms with Crippen molar-refractivity contribution < 1.29 is 15.3 Å². The van der Waals surface area contributed by atoms with Crippen molar-refractivity contribution in [3.63, 3.8) is 0 Å². The van der Waals surface area contributed by atoms with Crippen LogP contribution < -0.4 is 0 Å². The summed E-state index contributed by atoms with van der Waals surface area (Å²) in [5.41, 5.74) is -1.97. The fraction of sp³-hybridized carbons (Fsp3) is 0.926. The normalized spacial score (nSPS) is 51.4. The van der Waals surface area contributed by atoms with Crippen LogP contribution in [0.3, 0.4) is 0 Å². The monoisotopic (exact) mass is 418 g/mol. The lowest BCUT2D eigenvalue weighted by Crippen LogP contribution is -2.67. The Balaban J connectivity index is 1.59. The van der Waals surface area contributed by atoms with Crippen molar-refractivity contribution in [2.75, 3.05) is 0 Å². The summed E-state index contributed by atoms with van der Waals surface area (Å²) in [7, 11) is 0. The van der Waals surface area contributed by atoms with Crippen LogP contribution in [0.15, 0.2) is 12.2 Å². The highest BCUT2D eigenvalue weighted by atomic mass is 16.3. The first-order chi connectivity index (χ1) is 14.0. The van der Waals surface area contributed by atoms with E-state index < -0.39 is 17.3 Å². The lowest BCUT2D eigenvalue weighted by Gasteiger charge is -2.64. The second kappa shape index (κ2) is 7.59. The van der Waals surface area contributed by atoms with Crippen LogP contribution in [-0.4, -0.2) is 32.6 Å². The standard InChI is InChI=1S/C27H46O3/c1-18(2)7-6-8-19(3)21-9-10-22-24(21,4)13-12-23-25(5)14-11-20(28)17-26(25,29)15-16-27(22,23)30/h15-16,18-23,28-30H,6-14,17H2,1-5H3/t19-,20+,21-,22-,23-,24-,25-,26+,27-/m1/s1. The van der Waals surface area contributed by atoms with Crippen molar-refractivity contribution in [2.45, 2.75) is 116 Å². The maximum Gasteiger partial charge on any atom is 0.0910 e. The first-order valence-electron chi connectivity index (χ1n) is 12.8. The van der Waals surface area contributed by atoms with Crippen LogP contribution in [0.25, 0.3) is 0 Å². The molecule has 0 bridgehead atoms. The van der Waals surface area contributed by atoms with E-state index >= 15 is 0 Å². The fourth-order valence-electron chi connectivity index (χ4n) is 8.74. The molecule has 3 nitrogen and oxygen atoms in total. The molecule has 0 saturated heterocycles. The molecule has 0 amide bonds. The molecule has 9 atom stereocenters. The first-order valence-corrected chi connectivity index (χ1v) is 12.8. The number of hydrogen-bond acceptors (Lipinski definition) is 3. The summed E-state index contributed by atoms with van der Waals surface area (Å²) in [4.78, 5) is 0. The molecule has 0 aromatic rings. The Hall–Kier alpha value is -0.380. The molecule has 4 rings (SSSR count). The molecule has 0 aromatic carbocycles. The first kappa shape index (κ1) is 22.8. The van der Waals surface area contributed by atoms with Crippen LogP contribution >= 0.6 is 0 Å². The van der Waals surface area contributed by atoms with Gasteiger partial charge in [0, 0.05) is 17.8 Å². The lowest BCUT2D eigenvalue weighted by molar-refractivity contribution is -0.220. The van der Waals surface area contributed by atoms with Gasteiger partial charge in [0.2, 0.25) is 0 Å². The van der Waals surface area contributed by atoms with Gasteiger partial charge in [-0.1, -0.05) is 66.0 Å². The molecule has 172 valence electrons. The Bertz CT molecular complexity index is 673. The van der Waals surface area contributed by atoms with E-state index in [4.69, 9.17) is 0 Å². The predicted molar refractivity (Wildman–Crippen MR) is 122 cm³/mol. The third kappa shape index (κ3) is 3.25. The minimum atomic E-state index is -0.989. The maximum atomic E-state index is 12.2. The highest BCUT2D eigenvalue weighted by Crippen LogP contribution is 2.69. The summed E-state index contributed by atoms with van der Waals surface area (Å²) < 4.78 is 0. The molecule has 4 aliphatic carbocycles. The van der Waals surface area contributed by atoms with Gasteiger partial charge in [0.05, 0.1) is 17.3 Å². The molecule has 0 heterocycles.